The van der Waals surface area contributed by atoms with E-state index in [0.29, 0.717) is 22.0 Å². The second-order valence-corrected chi connectivity index (χ2v) is 10.0. The van der Waals surface area contributed by atoms with Crippen molar-refractivity contribution in [2.75, 3.05) is 50.1 Å². The predicted octanol–water partition coefficient (Wildman–Crippen LogP) is 2.59. The van der Waals surface area contributed by atoms with Crippen molar-refractivity contribution in [3.63, 3.8) is 0 Å². The molecule has 0 bridgehead atoms. The Morgan fingerprint density at radius 3 is 3.06 bits per heavy atom. The molecule has 6 rings (SSSR count). The van der Waals surface area contributed by atoms with Gasteiger partial charge in [-0.3, -0.25) is 14.3 Å². The molecule has 4 aromatic rings. The Kier molecular flexibility index (Phi) is 5.75. The Labute approximate surface area is 211 Å². The fourth-order valence-electron chi connectivity index (χ4n) is 5.06. The number of fused-ring (bicyclic) bond motifs is 1. The van der Waals surface area contributed by atoms with Crippen molar-refractivity contribution in [1.82, 2.24) is 25.2 Å². The minimum Gasteiger partial charge on any atom is -0.497 e. The van der Waals surface area contributed by atoms with Gasteiger partial charge in [-0.05, 0) is 37.2 Å². The number of amides is 1. The molecule has 2 saturated heterocycles. The van der Waals surface area contributed by atoms with Gasteiger partial charge in [-0.15, -0.1) is 11.3 Å². The number of nitrogens with one attached hydrogen (secondary N) is 3. The summed E-state index contributed by atoms with van der Waals surface area (Å²) in [5.74, 6) is 0.382. The Hall–Kier alpha value is -3.67. The summed E-state index contributed by atoms with van der Waals surface area (Å²) >= 11 is 1.28. The van der Waals surface area contributed by atoms with Crippen molar-refractivity contribution in [2.45, 2.75) is 12.0 Å². The SMILES string of the molecule is COc1ccc2cn(-c3nc(C(=O)Nc4cnccc4N4CCNC5(CCNC5)C4)cs3)c(O)c2c1. The highest BCUT2D eigenvalue weighted by molar-refractivity contribution is 7.12. The lowest BCUT2D eigenvalue weighted by Gasteiger charge is -2.42. The number of piperazine rings is 1. The number of aromatic hydroxyl groups is 1. The summed E-state index contributed by atoms with van der Waals surface area (Å²) in [6, 6.07) is 7.43. The molecule has 2 aliphatic heterocycles. The first-order valence-electron chi connectivity index (χ1n) is 11.9. The van der Waals surface area contributed by atoms with Gasteiger partial charge in [-0.25, -0.2) is 4.98 Å². The Morgan fingerprint density at radius 2 is 2.22 bits per heavy atom. The van der Waals surface area contributed by atoms with Crippen molar-refractivity contribution in [3.8, 4) is 16.8 Å². The third kappa shape index (κ3) is 4.04. The van der Waals surface area contributed by atoms with Gasteiger partial charge in [0.15, 0.2) is 5.13 Å². The zero-order chi connectivity index (χ0) is 24.7. The van der Waals surface area contributed by atoms with Crippen LogP contribution in [0.5, 0.6) is 11.6 Å². The molecule has 11 heteroatoms. The number of anilines is 2. The molecule has 2 aliphatic rings. The molecule has 0 radical (unpaired) electrons. The lowest BCUT2D eigenvalue weighted by molar-refractivity contribution is 0.102. The molecule has 10 nitrogen and oxygen atoms in total. The second-order valence-electron chi connectivity index (χ2n) is 9.19. The summed E-state index contributed by atoms with van der Waals surface area (Å²) < 4.78 is 6.84. The molecule has 0 saturated carbocycles. The van der Waals surface area contributed by atoms with Gasteiger partial charge in [0, 0.05) is 60.3 Å². The van der Waals surface area contributed by atoms with Crippen molar-refractivity contribution >= 4 is 39.4 Å². The quantitative estimate of drug-likeness (QED) is 0.327. The molecule has 2 fully saturated rings. The molecule has 1 aromatic carbocycles. The number of nitrogens with zero attached hydrogens (tertiary/aromatic N) is 4. The molecule has 1 amide bonds. The number of hydrogen-bond acceptors (Lipinski definition) is 9. The molecule has 0 aliphatic carbocycles. The van der Waals surface area contributed by atoms with E-state index in [1.807, 2.05) is 18.2 Å². The van der Waals surface area contributed by atoms with Crippen molar-refractivity contribution in [3.05, 3.63) is 53.9 Å². The second kappa shape index (κ2) is 9.08. The molecular weight excluding hydrogens is 478 g/mol. The topological polar surface area (TPSA) is 117 Å². The molecule has 5 heterocycles. The van der Waals surface area contributed by atoms with Gasteiger partial charge in [0.25, 0.3) is 5.91 Å². The number of rotatable bonds is 5. The molecule has 1 atom stereocenters. The minimum atomic E-state index is -0.322. The van der Waals surface area contributed by atoms with E-state index in [4.69, 9.17) is 4.74 Å². The number of hydrogen-bond donors (Lipinski definition) is 4. The zero-order valence-corrected chi connectivity index (χ0v) is 20.6. The fourth-order valence-corrected chi connectivity index (χ4v) is 5.84. The van der Waals surface area contributed by atoms with Gasteiger partial charge < -0.3 is 30.7 Å². The standard InChI is InChI=1S/C25H27N7O3S/c1-35-17-3-2-16-12-32(23(34)18(16)10-17)24-30-20(13-36-24)22(33)29-19-11-26-6-4-21(19)31-9-8-28-25(15-31)5-7-27-14-25/h2-4,6,10-13,27-28,34H,5,7-9,14-15H2,1H3,(H,29,33). The smallest absolute Gasteiger partial charge is 0.275 e. The normalized spacial score (nSPS) is 19.8. The van der Waals surface area contributed by atoms with Crippen LogP contribution in [0.2, 0.25) is 0 Å². The van der Waals surface area contributed by atoms with Gasteiger partial charge >= 0.3 is 0 Å². The predicted molar refractivity (Wildman–Crippen MR) is 140 cm³/mol. The lowest BCUT2D eigenvalue weighted by Crippen LogP contribution is -2.61. The number of aromatic nitrogens is 3. The first kappa shape index (κ1) is 22.8. The lowest BCUT2D eigenvalue weighted by atomic mass is 9.95. The molecule has 1 spiro atoms. The Balaban J connectivity index is 1.23. The van der Waals surface area contributed by atoms with Crippen molar-refractivity contribution < 1.29 is 14.6 Å². The summed E-state index contributed by atoms with van der Waals surface area (Å²) in [6.45, 7) is 4.53. The maximum atomic E-state index is 13.2. The van der Waals surface area contributed by atoms with Gasteiger partial charge in [0.05, 0.1) is 24.7 Å². The molecular formula is C25H27N7O3S. The number of methoxy groups -OCH3 is 1. The van der Waals surface area contributed by atoms with Gasteiger partial charge in [0.1, 0.15) is 11.4 Å². The molecule has 36 heavy (non-hydrogen) atoms. The molecule has 186 valence electrons. The molecule has 1 unspecified atom stereocenters. The van der Waals surface area contributed by atoms with E-state index in [1.54, 1.807) is 41.7 Å². The first-order valence-corrected chi connectivity index (χ1v) is 12.7. The summed E-state index contributed by atoms with van der Waals surface area (Å²) in [5.41, 5.74) is 1.93. The zero-order valence-electron chi connectivity index (χ0n) is 19.8. The van der Waals surface area contributed by atoms with Crippen molar-refractivity contribution in [2.24, 2.45) is 0 Å². The first-order chi connectivity index (χ1) is 17.5. The highest BCUT2D eigenvalue weighted by Crippen LogP contribution is 2.34. The van der Waals surface area contributed by atoms with Crippen LogP contribution in [0.1, 0.15) is 16.9 Å². The van der Waals surface area contributed by atoms with E-state index in [9.17, 15) is 9.90 Å². The van der Waals surface area contributed by atoms with Crippen LogP contribution in [-0.2, 0) is 0 Å². The van der Waals surface area contributed by atoms with E-state index >= 15 is 0 Å². The number of carbonyl (C=O) groups is 1. The van der Waals surface area contributed by atoms with E-state index in [-0.39, 0.29) is 23.0 Å². The third-order valence-corrected chi connectivity index (χ3v) is 7.77. The molecule has 4 N–H and O–H groups in total. The van der Waals surface area contributed by atoms with Crippen LogP contribution in [0.4, 0.5) is 11.4 Å². The highest BCUT2D eigenvalue weighted by atomic mass is 32.1. The average molecular weight is 506 g/mol. The largest absolute Gasteiger partial charge is 0.497 e. The number of carbonyl (C=O) groups excluding carboxylic acids is 1. The van der Waals surface area contributed by atoms with Crippen LogP contribution in [-0.4, -0.2) is 70.9 Å². The summed E-state index contributed by atoms with van der Waals surface area (Å²) in [6.07, 6.45) is 6.30. The van der Waals surface area contributed by atoms with Gasteiger partial charge in [-0.1, -0.05) is 0 Å². The van der Waals surface area contributed by atoms with E-state index in [1.165, 1.54) is 11.3 Å². The Bertz CT molecular complexity index is 1430. The summed E-state index contributed by atoms with van der Waals surface area (Å²) in [5, 5.41) is 24.6. The van der Waals surface area contributed by atoms with E-state index in [0.717, 1.165) is 50.2 Å². The van der Waals surface area contributed by atoms with Crippen LogP contribution >= 0.6 is 11.3 Å². The van der Waals surface area contributed by atoms with E-state index < -0.39 is 0 Å². The maximum absolute atomic E-state index is 13.2. The van der Waals surface area contributed by atoms with Gasteiger partial charge in [-0.2, -0.15) is 0 Å². The average Bonchev–Trinajstić information content (AvgIpc) is 3.64. The number of thiazole rings is 1. The van der Waals surface area contributed by atoms with Crippen LogP contribution < -0.4 is 25.6 Å². The molecule has 3 aromatic heterocycles. The monoisotopic (exact) mass is 505 g/mol. The van der Waals surface area contributed by atoms with Crippen LogP contribution in [0.25, 0.3) is 15.9 Å². The highest BCUT2D eigenvalue weighted by Gasteiger charge is 2.38. The van der Waals surface area contributed by atoms with Crippen LogP contribution in [0.15, 0.2) is 48.2 Å². The fraction of sp³-hybridized carbons (Fsp3) is 0.320. The Morgan fingerprint density at radius 1 is 1.31 bits per heavy atom. The van der Waals surface area contributed by atoms with Crippen molar-refractivity contribution in [1.29, 1.82) is 0 Å². The van der Waals surface area contributed by atoms with Crippen LogP contribution in [0.3, 0.4) is 0 Å². The summed E-state index contributed by atoms with van der Waals surface area (Å²) in [7, 11) is 1.58. The minimum absolute atomic E-state index is 0.0498. The third-order valence-electron chi connectivity index (χ3n) is 6.93. The number of pyridine rings is 1. The number of ether oxygens (including phenoxy) is 1. The maximum Gasteiger partial charge on any atom is 0.275 e. The van der Waals surface area contributed by atoms with E-state index in [2.05, 4.69) is 30.8 Å². The number of benzene rings is 1. The summed E-state index contributed by atoms with van der Waals surface area (Å²) in [4.78, 5) is 24.2. The van der Waals surface area contributed by atoms with Gasteiger partial charge in [0.2, 0.25) is 5.88 Å². The van der Waals surface area contributed by atoms with Crippen LogP contribution in [0, 0.1) is 0 Å².